The average molecular weight is 409 g/mol. The minimum Gasteiger partial charge on any atom is -0.383 e. The molecule has 1 saturated carbocycles. The normalized spacial score (nSPS) is 22.4. The molecule has 0 bridgehead atoms. The maximum Gasteiger partial charge on any atom is 0.207 e. The van der Waals surface area contributed by atoms with Crippen molar-refractivity contribution in [1.82, 2.24) is 15.3 Å². The smallest absolute Gasteiger partial charge is 0.207 e. The monoisotopic (exact) mass is 408 g/mol. The standard InChI is InChI=1S/C19H28N4O2S2/c1-11-18(22-12(2)27-11)16-9-26-19(23-16)17(20)14-6-4-13(5-7-14)15(8-25-3)21-10-24/h9-10,13-15,17H,4-8,20H2,1-3H3,(H,21,24). The number of hydrogen-bond donors (Lipinski definition) is 2. The fourth-order valence-corrected chi connectivity index (χ4v) is 5.74. The Kier molecular flexibility index (Phi) is 6.97. The number of methoxy groups -OCH3 is 1. The van der Waals surface area contributed by atoms with Gasteiger partial charge < -0.3 is 15.8 Å². The van der Waals surface area contributed by atoms with Gasteiger partial charge >= 0.3 is 0 Å². The van der Waals surface area contributed by atoms with Crippen molar-refractivity contribution in [2.45, 2.75) is 51.6 Å². The average Bonchev–Trinajstić information content (AvgIpc) is 3.27. The van der Waals surface area contributed by atoms with Crippen LogP contribution >= 0.6 is 22.7 Å². The molecule has 2 atom stereocenters. The number of aryl methyl sites for hydroxylation is 2. The highest BCUT2D eigenvalue weighted by atomic mass is 32.1. The minimum absolute atomic E-state index is 0.0374. The molecule has 1 aliphatic carbocycles. The van der Waals surface area contributed by atoms with E-state index in [-0.39, 0.29) is 12.1 Å². The number of carbonyl (C=O) groups is 1. The predicted octanol–water partition coefficient (Wildman–Crippen LogP) is 3.45. The molecule has 2 unspecified atom stereocenters. The SMILES string of the molecule is COCC(NC=O)C1CCC(C(N)c2nc(-c3nc(C)sc3C)cs2)CC1. The molecule has 0 aliphatic heterocycles. The van der Waals surface area contributed by atoms with E-state index in [1.165, 1.54) is 4.88 Å². The summed E-state index contributed by atoms with van der Waals surface area (Å²) in [7, 11) is 1.67. The van der Waals surface area contributed by atoms with Crippen LogP contribution < -0.4 is 11.1 Å². The molecule has 3 rings (SSSR count). The third kappa shape index (κ3) is 4.74. The number of nitrogens with zero attached hydrogens (tertiary/aromatic N) is 2. The van der Waals surface area contributed by atoms with Gasteiger partial charge in [-0.2, -0.15) is 0 Å². The second kappa shape index (κ2) is 9.23. The van der Waals surface area contributed by atoms with Gasteiger partial charge in [-0.25, -0.2) is 9.97 Å². The van der Waals surface area contributed by atoms with Crippen LogP contribution in [0.1, 0.15) is 46.6 Å². The first-order valence-corrected chi connectivity index (χ1v) is 11.1. The van der Waals surface area contributed by atoms with E-state index in [0.29, 0.717) is 18.4 Å². The van der Waals surface area contributed by atoms with E-state index in [2.05, 4.69) is 22.6 Å². The lowest BCUT2D eigenvalue weighted by Crippen LogP contribution is -2.41. The Bertz CT molecular complexity index is 753. The van der Waals surface area contributed by atoms with E-state index in [0.717, 1.165) is 53.5 Å². The van der Waals surface area contributed by atoms with E-state index in [9.17, 15) is 4.79 Å². The highest BCUT2D eigenvalue weighted by Gasteiger charge is 2.31. The summed E-state index contributed by atoms with van der Waals surface area (Å²) in [6.45, 7) is 4.67. The van der Waals surface area contributed by atoms with Crippen molar-refractivity contribution in [2.24, 2.45) is 17.6 Å². The Morgan fingerprint density at radius 1 is 1.30 bits per heavy atom. The Balaban J connectivity index is 1.62. The van der Waals surface area contributed by atoms with Gasteiger partial charge in [-0.3, -0.25) is 4.79 Å². The van der Waals surface area contributed by atoms with E-state index in [1.54, 1.807) is 29.8 Å². The molecule has 1 amide bonds. The number of thiazole rings is 2. The van der Waals surface area contributed by atoms with Crippen LogP contribution in [0.5, 0.6) is 0 Å². The first-order valence-electron chi connectivity index (χ1n) is 9.37. The molecule has 148 valence electrons. The molecule has 27 heavy (non-hydrogen) atoms. The van der Waals surface area contributed by atoms with E-state index in [1.807, 2.05) is 6.92 Å². The highest BCUT2D eigenvalue weighted by molar-refractivity contribution is 7.12. The van der Waals surface area contributed by atoms with E-state index >= 15 is 0 Å². The lowest BCUT2D eigenvalue weighted by Gasteiger charge is -2.35. The number of hydrogen-bond acceptors (Lipinski definition) is 7. The van der Waals surface area contributed by atoms with Crippen molar-refractivity contribution in [3.63, 3.8) is 0 Å². The molecule has 2 aromatic rings. The zero-order valence-electron chi connectivity index (χ0n) is 16.1. The summed E-state index contributed by atoms with van der Waals surface area (Å²) in [5, 5.41) is 7.04. The molecule has 0 aromatic carbocycles. The molecule has 8 heteroatoms. The van der Waals surface area contributed by atoms with Crippen molar-refractivity contribution >= 4 is 29.1 Å². The zero-order chi connectivity index (χ0) is 19.4. The van der Waals surface area contributed by atoms with E-state index in [4.69, 9.17) is 15.5 Å². The van der Waals surface area contributed by atoms with Crippen molar-refractivity contribution in [3.05, 3.63) is 20.3 Å². The molecule has 0 saturated heterocycles. The third-order valence-electron chi connectivity index (χ3n) is 5.47. The molecular formula is C19H28N4O2S2. The van der Waals surface area contributed by atoms with Gasteiger partial charge in [-0.15, -0.1) is 22.7 Å². The summed E-state index contributed by atoms with van der Waals surface area (Å²) >= 11 is 3.34. The summed E-state index contributed by atoms with van der Waals surface area (Å²) in [5.41, 5.74) is 8.50. The largest absolute Gasteiger partial charge is 0.383 e. The summed E-state index contributed by atoms with van der Waals surface area (Å²) < 4.78 is 5.25. The maximum atomic E-state index is 10.8. The van der Waals surface area contributed by atoms with Crippen LogP contribution in [0.25, 0.3) is 11.4 Å². The first kappa shape index (κ1) is 20.4. The van der Waals surface area contributed by atoms with Crippen LogP contribution in [-0.4, -0.2) is 36.1 Å². The topological polar surface area (TPSA) is 90.1 Å². The Labute approximate surface area is 168 Å². The number of aromatic nitrogens is 2. The van der Waals surface area contributed by atoms with Crippen LogP contribution in [0.15, 0.2) is 5.38 Å². The molecule has 3 N–H and O–H groups in total. The first-order chi connectivity index (χ1) is 13.0. The summed E-state index contributed by atoms with van der Waals surface area (Å²) in [6, 6.07) is 0.0525. The number of rotatable bonds is 8. The minimum atomic E-state index is -0.0374. The van der Waals surface area contributed by atoms with Gasteiger partial charge in [0.25, 0.3) is 0 Å². The molecule has 2 aromatic heterocycles. The van der Waals surface area contributed by atoms with Gasteiger partial charge in [0.2, 0.25) is 6.41 Å². The molecule has 6 nitrogen and oxygen atoms in total. The highest BCUT2D eigenvalue weighted by Crippen LogP contribution is 2.39. The molecule has 0 radical (unpaired) electrons. The quantitative estimate of drug-likeness (QED) is 0.653. The van der Waals surface area contributed by atoms with Crippen molar-refractivity contribution in [3.8, 4) is 11.4 Å². The molecule has 2 heterocycles. The summed E-state index contributed by atoms with van der Waals surface area (Å²) in [4.78, 5) is 21.4. The molecule has 1 fully saturated rings. The second-order valence-corrected chi connectivity index (χ2v) is 9.55. The van der Waals surface area contributed by atoms with E-state index < -0.39 is 0 Å². The van der Waals surface area contributed by atoms with Crippen LogP contribution in [0.2, 0.25) is 0 Å². The third-order valence-corrected chi connectivity index (χ3v) is 7.31. The maximum absolute atomic E-state index is 10.8. The van der Waals surface area contributed by atoms with Crippen LogP contribution in [0.4, 0.5) is 0 Å². The van der Waals surface area contributed by atoms with Gasteiger partial charge in [-0.1, -0.05) is 0 Å². The van der Waals surface area contributed by atoms with Crippen molar-refractivity contribution in [2.75, 3.05) is 13.7 Å². The molecule has 1 aliphatic rings. The Hall–Kier alpha value is -1.35. The second-order valence-electron chi connectivity index (χ2n) is 7.26. The number of carbonyl (C=O) groups excluding carboxylic acids is 1. The fraction of sp³-hybridized carbons (Fsp3) is 0.632. The van der Waals surface area contributed by atoms with Gasteiger partial charge in [0, 0.05) is 17.4 Å². The van der Waals surface area contributed by atoms with Gasteiger partial charge in [0.05, 0.1) is 23.7 Å². The molecule has 0 spiro atoms. The van der Waals surface area contributed by atoms with Crippen LogP contribution in [-0.2, 0) is 9.53 Å². The number of nitrogens with two attached hydrogens (primary N) is 1. The van der Waals surface area contributed by atoms with Crippen LogP contribution in [0, 0.1) is 25.7 Å². The zero-order valence-corrected chi connectivity index (χ0v) is 17.7. The van der Waals surface area contributed by atoms with Crippen molar-refractivity contribution < 1.29 is 9.53 Å². The van der Waals surface area contributed by atoms with Gasteiger partial charge in [0.15, 0.2) is 0 Å². The van der Waals surface area contributed by atoms with Gasteiger partial charge in [-0.05, 0) is 51.4 Å². The Morgan fingerprint density at radius 2 is 2.00 bits per heavy atom. The molecular weight excluding hydrogens is 380 g/mol. The predicted molar refractivity (Wildman–Crippen MR) is 110 cm³/mol. The lowest BCUT2D eigenvalue weighted by atomic mass is 9.76. The fourth-order valence-electron chi connectivity index (χ4n) is 4.01. The number of nitrogens with one attached hydrogen (secondary N) is 1. The number of amides is 1. The van der Waals surface area contributed by atoms with Gasteiger partial charge in [0.1, 0.15) is 16.4 Å². The van der Waals surface area contributed by atoms with Crippen molar-refractivity contribution in [1.29, 1.82) is 0 Å². The number of ether oxygens (including phenoxy) is 1. The summed E-state index contributed by atoms with van der Waals surface area (Å²) in [6.07, 6.45) is 4.99. The van der Waals surface area contributed by atoms with Crippen LogP contribution in [0.3, 0.4) is 0 Å². The Morgan fingerprint density at radius 3 is 2.59 bits per heavy atom. The summed E-state index contributed by atoms with van der Waals surface area (Å²) in [5.74, 6) is 0.879. The lowest BCUT2D eigenvalue weighted by molar-refractivity contribution is -0.111.